The standard InChI is InChI=1S/C10H10O7S/c1-16-9(10(11)12)6-7-2-4-8(5-3-7)17-18(13,14)15/h2-6H,1H3,(H,11,12)(H,13,14,15). The highest BCUT2D eigenvalue weighted by Crippen LogP contribution is 2.16. The van der Waals surface area contributed by atoms with Crippen molar-refractivity contribution in [2.75, 3.05) is 7.11 Å². The second-order valence-corrected chi connectivity index (χ2v) is 4.12. The SMILES string of the molecule is COC(=Cc1ccc(OS(=O)(=O)O)cc1)C(=O)O. The predicted molar refractivity (Wildman–Crippen MR) is 61.2 cm³/mol. The number of carboxylic acid groups (broad SMARTS) is 1. The molecule has 0 heterocycles. The Hall–Kier alpha value is -2.06. The predicted octanol–water partition coefficient (Wildman–Crippen LogP) is 0.940. The van der Waals surface area contributed by atoms with E-state index in [0.29, 0.717) is 5.56 Å². The van der Waals surface area contributed by atoms with E-state index in [4.69, 9.17) is 9.66 Å². The van der Waals surface area contributed by atoms with Crippen LogP contribution in [-0.2, 0) is 19.9 Å². The van der Waals surface area contributed by atoms with Crippen LogP contribution >= 0.6 is 0 Å². The third kappa shape index (κ3) is 4.44. The van der Waals surface area contributed by atoms with Crippen molar-refractivity contribution < 1.29 is 31.8 Å². The molecule has 0 spiro atoms. The van der Waals surface area contributed by atoms with Gasteiger partial charge in [-0.2, -0.15) is 8.42 Å². The van der Waals surface area contributed by atoms with Crippen LogP contribution in [0.4, 0.5) is 0 Å². The number of aliphatic carboxylic acids is 1. The molecule has 0 aliphatic rings. The number of benzene rings is 1. The van der Waals surface area contributed by atoms with Gasteiger partial charge in [0.1, 0.15) is 5.75 Å². The van der Waals surface area contributed by atoms with Gasteiger partial charge in [0.25, 0.3) is 0 Å². The van der Waals surface area contributed by atoms with Crippen LogP contribution in [0.3, 0.4) is 0 Å². The first-order chi connectivity index (χ1) is 8.31. The van der Waals surface area contributed by atoms with Crippen LogP contribution in [0.2, 0.25) is 0 Å². The van der Waals surface area contributed by atoms with Crippen molar-refractivity contribution in [2.45, 2.75) is 0 Å². The fourth-order valence-corrected chi connectivity index (χ4v) is 1.45. The van der Waals surface area contributed by atoms with Crippen LogP contribution in [0, 0.1) is 0 Å². The summed E-state index contributed by atoms with van der Waals surface area (Å²) in [6, 6.07) is 5.33. The summed E-state index contributed by atoms with van der Waals surface area (Å²) in [6.45, 7) is 0. The van der Waals surface area contributed by atoms with Crippen molar-refractivity contribution >= 4 is 22.4 Å². The van der Waals surface area contributed by atoms with E-state index < -0.39 is 16.4 Å². The molecule has 7 nitrogen and oxygen atoms in total. The Labute approximate surface area is 103 Å². The van der Waals surface area contributed by atoms with Crippen LogP contribution < -0.4 is 4.18 Å². The highest BCUT2D eigenvalue weighted by Gasteiger charge is 2.08. The molecular formula is C10H10O7S. The first-order valence-electron chi connectivity index (χ1n) is 4.58. The Balaban J connectivity index is 2.93. The number of hydrogen-bond acceptors (Lipinski definition) is 5. The lowest BCUT2D eigenvalue weighted by molar-refractivity contribution is -0.135. The summed E-state index contributed by atoms with van der Waals surface area (Å²) < 4.78 is 38.1. The summed E-state index contributed by atoms with van der Waals surface area (Å²) in [5.74, 6) is -1.59. The molecule has 0 atom stereocenters. The molecule has 0 aliphatic heterocycles. The maximum Gasteiger partial charge on any atom is 0.446 e. The first kappa shape index (κ1) is 14.0. The van der Waals surface area contributed by atoms with E-state index in [9.17, 15) is 13.2 Å². The number of rotatable bonds is 5. The minimum Gasteiger partial charge on any atom is -0.490 e. The molecule has 0 aliphatic carbocycles. The van der Waals surface area contributed by atoms with Gasteiger partial charge >= 0.3 is 16.4 Å². The van der Waals surface area contributed by atoms with Crippen LogP contribution in [-0.4, -0.2) is 31.2 Å². The van der Waals surface area contributed by atoms with Gasteiger partial charge in [-0.3, -0.25) is 4.55 Å². The number of carbonyl (C=O) groups is 1. The topological polar surface area (TPSA) is 110 Å². The maximum atomic E-state index is 10.7. The van der Waals surface area contributed by atoms with E-state index in [1.165, 1.54) is 37.5 Å². The van der Waals surface area contributed by atoms with Gasteiger partial charge in [0.2, 0.25) is 5.76 Å². The average Bonchev–Trinajstić information content (AvgIpc) is 2.25. The van der Waals surface area contributed by atoms with Gasteiger partial charge in [0.15, 0.2) is 0 Å². The molecule has 1 aromatic rings. The van der Waals surface area contributed by atoms with Crippen molar-refractivity contribution in [3.63, 3.8) is 0 Å². The summed E-state index contributed by atoms with van der Waals surface area (Å²) in [5.41, 5.74) is 0.469. The van der Waals surface area contributed by atoms with Crippen molar-refractivity contribution in [3.8, 4) is 5.75 Å². The molecule has 2 N–H and O–H groups in total. The minimum absolute atomic E-state index is 0.0936. The molecule has 0 bridgehead atoms. The van der Waals surface area contributed by atoms with Crippen LogP contribution in [0.15, 0.2) is 30.0 Å². The molecule has 0 fully saturated rings. The largest absolute Gasteiger partial charge is 0.490 e. The van der Waals surface area contributed by atoms with Crippen molar-refractivity contribution in [3.05, 3.63) is 35.6 Å². The van der Waals surface area contributed by atoms with E-state index >= 15 is 0 Å². The zero-order valence-corrected chi connectivity index (χ0v) is 10.0. The Kier molecular flexibility index (Phi) is 4.29. The first-order valence-corrected chi connectivity index (χ1v) is 5.94. The summed E-state index contributed by atoms with van der Waals surface area (Å²) in [5, 5.41) is 8.71. The van der Waals surface area contributed by atoms with Gasteiger partial charge in [-0.05, 0) is 23.8 Å². The molecule has 0 amide bonds. The molecule has 0 aromatic heterocycles. The number of carboxylic acids is 1. The minimum atomic E-state index is -4.57. The summed E-state index contributed by atoms with van der Waals surface area (Å²) in [6.07, 6.45) is 1.25. The normalized spacial score (nSPS) is 12.0. The molecule has 98 valence electrons. The maximum absolute atomic E-state index is 10.7. The second-order valence-electron chi connectivity index (χ2n) is 3.10. The van der Waals surface area contributed by atoms with Crippen LogP contribution in [0.5, 0.6) is 5.75 Å². The van der Waals surface area contributed by atoms with Gasteiger partial charge in [-0.1, -0.05) is 12.1 Å². The van der Waals surface area contributed by atoms with Gasteiger partial charge in [-0.15, -0.1) is 0 Å². The fraction of sp³-hybridized carbons (Fsp3) is 0.100. The smallest absolute Gasteiger partial charge is 0.446 e. The zero-order valence-electron chi connectivity index (χ0n) is 9.23. The number of hydrogen-bond donors (Lipinski definition) is 2. The third-order valence-corrected chi connectivity index (χ3v) is 2.21. The molecule has 0 saturated carbocycles. The molecule has 0 saturated heterocycles. The number of methoxy groups -OCH3 is 1. The van der Waals surface area contributed by atoms with Crippen molar-refractivity contribution in [2.24, 2.45) is 0 Å². The van der Waals surface area contributed by atoms with Gasteiger partial charge in [-0.25, -0.2) is 4.79 Å². The summed E-state index contributed by atoms with van der Waals surface area (Å²) in [7, 11) is -3.35. The molecular weight excluding hydrogens is 264 g/mol. The molecule has 8 heteroatoms. The second kappa shape index (κ2) is 5.52. The Bertz CT molecular complexity index is 556. The Morgan fingerprint density at radius 1 is 1.28 bits per heavy atom. The van der Waals surface area contributed by atoms with E-state index in [-0.39, 0.29) is 11.5 Å². The van der Waals surface area contributed by atoms with E-state index in [2.05, 4.69) is 8.92 Å². The van der Waals surface area contributed by atoms with E-state index in [1.807, 2.05) is 0 Å². The van der Waals surface area contributed by atoms with E-state index in [0.717, 1.165) is 0 Å². The molecule has 18 heavy (non-hydrogen) atoms. The third-order valence-electron chi connectivity index (χ3n) is 1.81. The Morgan fingerprint density at radius 3 is 2.22 bits per heavy atom. The van der Waals surface area contributed by atoms with Gasteiger partial charge in [0, 0.05) is 0 Å². The Morgan fingerprint density at radius 2 is 1.83 bits per heavy atom. The number of ether oxygens (including phenoxy) is 1. The van der Waals surface area contributed by atoms with Crippen LogP contribution in [0.25, 0.3) is 6.08 Å². The van der Waals surface area contributed by atoms with E-state index in [1.54, 1.807) is 0 Å². The lowest BCUT2D eigenvalue weighted by Gasteiger charge is -2.02. The molecule has 0 unspecified atom stereocenters. The van der Waals surface area contributed by atoms with Crippen molar-refractivity contribution in [1.82, 2.24) is 0 Å². The fourth-order valence-electron chi connectivity index (χ4n) is 1.10. The van der Waals surface area contributed by atoms with Crippen molar-refractivity contribution in [1.29, 1.82) is 0 Å². The molecule has 1 rings (SSSR count). The van der Waals surface area contributed by atoms with Crippen LogP contribution in [0.1, 0.15) is 5.56 Å². The quantitative estimate of drug-likeness (QED) is 0.467. The highest BCUT2D eigenvalue weighted by molar-refractivity contribution is 7.81. The highest BCUT2D eigenvalue weighted by atomic mass is 32.3. The summed E-state index contributed by atoms with van der Waals surface area (Å²) in [4.78, 5) is 10.7. The molecule has 1 aromatic carbocycles. The monoisotopic (exact) mass is 274 g/mol. The van der Waals surface area contributed by atoms with Gasteiger partial charge in [0.05, 0.1) is 7.11 Å². The average molecular weight is 274 g/mol. The van der Waals surface area contributed by atoms with Gasteiger partial charge < -0.3 is 14.0 Å². The molecule has 0 radical (unpaired) electrons. The summed E-state index contributed by atoms with van der Waals surface area (Å²) >= 11 is 0. The zero-order chi connectivity index (χ0) is 13.8. The lowest BCUT2D eigenvalue weighted by Crippen LogP contribution is -2.06. The lowest BCUT2D eigenvalue weighted by atomic mass is 10.2.